The first kappa shape index (κ1) is 20.1. The molecule has 4 aromatic rings. The molecule has 0 bridgehead atoms. The number of aromatic nitrogens is 4. The summed E-state index contributed by atoms with van der Waals surface area (Å²) < 4.78 is 20.9. The first-order valence-corrected chi connectivity index (χ1v) is 10.3. The van der Waals surface area contributed by atoms with E-state index in [-0.39, 0.29) is 12.4 Å². The number of hydrogen-bond donors (Lipinski definition) is 1. The Hall–Kier alpha value is -3.23. The average molecular weight is 422 g/mol. The van der Waals surface area contributed by atoms with Crippen molar-refractivity contribution in [2.75, 3.05) is 12.4 Å². The van der Waals surface area contributed by atoms with Crippen molar-refractivity contribution in [3.8, 4) is 22.8 Å². The summed E-state index contributed by atoms with van der Waals surface area (Å²) in [6.45, 7) is 0.166. The van der Waals surface area contributed by atoms with E-state index in [0.29, 0.717) is 22.5 Å². The van der Waals surface area contributed by atoms with Crippen molar-refractivity contribution < 1.29 is 14.2 Å². The molecule has 0 saturated heterocycles. The Morgan fingerprint density at radius 1 is 0.967 bits per heavy atom. The zero-order valence-corrected chi connectivity index (χ0v) is 16.7. The van der Waals surface area contributed by atoms with Crippen molar-refractivity contribution in [2.24, 2.45) is 0 Å². The van der Waals surface area contributed by atoms with Crippen LogP contribution in [0.15, 0.2) is 84.3 Å². The third-order valence-corrected chi connectivity index (χ3v) is 5.32. The highest BCUT2D eigenvalue weighted by molar-refractivity contribution is 7.99. The summed E-state index contributed by atoms with van der Waals surface area (Å²) in [6.07, 6.45) is 2.66. The molecule has 0 aliphatic rings. The largest absolute Gasteiger partial charge is 0.491 e. The van der Waals surface area contributed by atoms with Crippen LogP contribution in [0.4, 0.5) is 4.39 Å². The second kappa shape index (κ2) is 9.51. The average Bonchev–Trinajstić information content (AvgIpc) is 3.22. The number of nitrogens with zero attached hydrogens (tertiary/aromatic N) is 4. The molecular weight excluding hydrogens is 403 g/mol. The van der Waals surface area contributed by atoms with E-state index in [1.807, 2.05) is 47.0 Å². The topological polar surface area (TPSA) is 73.1 Å². The van der Waals surface area contributed by atoms with Crippen LogP contribution in [-0.4, -0.2) is 43.3 Å². The molecule has 152 valence electrons. The molecule has 2 heterocycles. The first-order chi connectivity index (χ1) is 14.7. The lowest BCUT2D eigenvalue weighted by Crippen LogP contribution is -2.20. The number of halogens is 1. The van der Waals surface area contributed by atoms with Crippen LogP contribution in [0.3, 0.4) is 0 Å². The molecule has 0 unspecified atom stereocenters. The molecule has 2 aromatic carbocycles. The summed E-state index contributed by atoms with van der Waals surface area (Å²) in [5, 5.41) is 19.5. The van der Waals surface area contributed by atoms with Crippen molar-refractivity contribution in [2.45, 2.75) is 11.3 Å². The van der Waals surface area contributed by atoms with Gasteiger partial charge >= 0.3 is 0 Å². The minimum atomic E-state index is -0.696. The molecule has 4 rings (SSSR count). The van der Waals surface area contributed by atoms with Crippen molar-refractivity contribution in [3.63, 3.8) is 0 Å². The summed E-state index contributed by atoms with van der Waals surface area (Å²) >= 11 is 1.35. The number of para-hydroxylation sites is 1. The summed E-state index contributed by atoms with van der Waals surface area (Å²) in [5.41, 5.74) is 1.56. The molecule has 30 heavy (non-hydrogen) atoms. The Labute approximate surface area is 177 Å². The van der Waals surface area contributed by atoms with Gasteiger partial charge in [0.2, 0.25) is 0 Å². The second-order valence-corrected chi connectivity index (χ2v) is 7.43. The van der Waals surface area contributed by atoms with Crippen LogP contribution in [0, 0.1) is 5.82 Å². The number of aliphatic hydroxyl groups excluding tert-OH is 1. The highest BCUT2D eigenvalue weighted by Gasteiger charge is 2.18. The minimum absolute atomic E-state index is 0.166. The van der Waals surface area contributed by atoms with Gasteiger partial charge in [0.25, 0.3) is 0 Å². The molecule has 6 nitrogen and oxygen atoms in total. The molecular formula is C22H19FN4O2S. The van der Waals surface area contributed by atoms with Crippen molar-refractivity contribution in [3.05, 3.63) is 84.9 Å². The quantitative estimate of drug-likeness (QED) is 0.433. The number of aliphatic hydroxyl groups is 1. The first-order valence-electron chi connectivity index (χ1n) is 9.31. The van der Waals surface area contributed by atoms with E-state index in [1.165, 1.54) is 23.9 Å². The van der Waals surface area contributed by atoms with Crippen LogP contribution in [0.1, 0.15) is 0 Å². The summed E-state index contributed by atoms with van der Waals surface area (Å²) in [6, 6.07) is 19.1. The van der Waals surface area contributed by atoms with Crippen LogP contribution in [-0.2, 0) is 0 Å². The fourth-order valence-electron chi connectivity index (χ4n) is 2.80. The van der Waals surface area contributed by atoms with Gasteiger partial charge in [0, 0.05) is 29.4 Å². The molecule has 2 aromatic heterocycles. The van der Waals surface area contributed by atoms with E-state index in [2.05, 4.69) is 15.2 Å². The Morgan fingerprint density at radius 2 is 1.70 bits per heavy atom. The molecule has 0 aliphatic carbocycles. The second-order valence-electron chi connectivity index (χ2n) is 6.44. The highest BCUT2D eigenvalue weighted by atomic mass is 32.2. The third kappa shape index (κ3) is 4.84. The number of thioether (sulfide) groups is 1. The van der Waals surface area contributed by atoms with Gasteiger partial charge in [-0.05, 0) is 48.5 Å². The van der Waals surface area contributed by atoms with Crippen molar-refractivity contribution in [1.29, 1.82) is 0 Å². The maximum absolute atomic E-state index is 13.4. The number of rotatable bonds is 8. The molecule has 0 amide bonds. The lowest BCUT2D eigenvalue weighted by atomic mass is 10.2. The third-order valence-electron chi connectivity index (χ3n) is 4.25. The maximum Gasteiger partial charge on any atom is 0.196 e. The maximum atomic E-state index is 13.4. The van der Waals surface area contributed by atoms with Crippen molar-refractivity contribution in [1.82, 2.24) is 19.7 Å². The zero-order chi connectivity index (χ0) is 20.8. The van der Waals surface area contributed by atoms with E-state index in [1.54, 1.807) is 24.5 Å². The van der Waals surface area contributed by atoms with Gasteiger partial charge < -0.3 is 9.84 Å². The van der Waals surface area contributed by atoms with Crippen LogP contribution in [0.2, 0.25) is 0 Å². The van der Waals surface area contributed by atoms with Crippen LogP contribution in [0.25, 0.3) is 17.1 Å². The van der Waals surface area contributed by atoms with Gasteiger partial charge in [-0.2, -0.15) is 0 Å². The summed E-state index contributed by atoms with van der Waals surface area (Å²) in [4.78, 5) is 4.04. The standard InChI is InChI=1S/C22H19FN4O2S/c23-17-6-8-18(9-7-17)27-21(16-10-12-24-13-11-16)25-26-22(27)30-15-19(28)14-29-20-4-2-1-3-5-20/h1-13,19,28H,14-15H2/t19-/m0/s1. The SMILES string of the molecule is O[C@@H](COc1ccccc1)CSc1nnc(-c2ccncc2)n1-c1ccc(F)cc1. The molecule has 0 spiro atoms. The number of pyridine rings is 1. The molecule has 1 N–H and O–H groups in total. The van der Waals surface area contributed by atoms with Gasteiger partial charge in [-0.1, -0.05) is 30.0 Å². The van der Waals surface area contributed by atoms with Gasteiger partial charge in [-0.15, -0.1) is 10.2 Å². The minimum Gasteiger partial charge on any atom is -0.491 e. The summed E-state index contributed by atoms with van der Waals surface area (Å²) in [7, 11) is 0. The van der Waals surface area contributed by atoms with E-state index >= 15 is 0 Å². The van der Waals surface area contributed by atoms with E-state index in [0.717, 1.165) is 11.3 Å². The predicted molar refractivity (Wildman–Crippen MR) is 113 cm³/mol. The molecule has 0 radical (unpaired) electrons. The normalized spacial score (nSPS) is 11.9. The number of benzene rings is 2. The van der Waals surface area contributed by atoms with Gasteiger partial charge in [0.1, 0.15) is 18.2 Å². The Balaban J connectivity index is 1.52. The smallest absolute Gasteiger partial charge is 0.196 e. The van der Waals surface area contributed by atoms with Crippen molar-refractivity contribution >= 4 is 11.8 Å². The summed E-state index contributed by atoms with van der Waals surface area (Å²) in [5.74, 6) is 1.36. The lowest BCUT2D eigenvalue weighted by Gasteiger charge is -2.13. The van der Waals surface area contributed by atoms with E-state index in [4.69, 9.17) is 4.74 Å². The van der Waals surface area contributed by atoms with E-state index < -0.39 is 6.10 Å². The van der Waals surface area contributed by atoms with Gasteiger partial charge in [0.05, 0.1) is 6.10 Å². The van der Waals surface area contributed by atoms with Crippen LogP contribution < -0.4 is 4.74 Å². The lowest BCUT2D eigenvalue weighted by molar-refractivity contribution is 0.126. The number of hydrogen-bond acceptors (Lipinski definition) is 6. The van der Waals surface area contributed by atoms with Crippen LogP contribution in [0.5, 0.6) is 5.75 Å². The fraction of sp³-hybridized carbons (Fsp3) is 0.136. The monoisotopic (exact) mass is 422 g/mol. The molecule has 1 atom stereocenters. The Kier molecular flexibility index (Phi) is 6.36. The highest BCUT2D eigenvalue weighted by Crippen LogP contribution is 2.28. The van der Waals surface area contributed by atoms with Gasteiger partial charge in [-0.3, -0.25) is 9.55 Å². The molecule has 0 saturated carbocycles. The predicted octanol–water partition coefficient (Wildman–Crippen LogP) is 4.00. The van der Waals surface area contributed by atoms with Gasteiger partial charge in [-0.25, -0.2) is 4.39 Å². The van der Waals surface area contributed by atoms with Crippen LogP contribution >= 0.6 is 11.8 Å². The molecule has 8 heteroatoms. The zero-order valence-electron chi connectivity index (χ0n) is 15.9. The molecule has 0 aliphatic heterocycles. The molecule has 0 fully saturated rings. The Bertz CT molecular complexity index is 1080. The van der Waals surface area contributed by atoms with E-state index in [9.17, 15) is 9.50 Å². The fourth-order valence-corrected chi connectivity index (χ4v) is 3.66. The number of ether oxygens (including phenoxy) is 1. The van der Waals surface area contributed by atoms with Gasteiger partial charge in [0.15, 0.2) is 11.0 Å². The Morgan fingerprint density at radius 3 is 2.43 bits per heavy atom.